The normalized spacial score (nSPS) is 16.9. The van der Waals surface area contributed by atoms with Gasteiger partial charge in [-0.2, -0.15) is 0 Å². The second kappa shape index (κ2) is 9.58. The van der Waals surface area contributed by atoms with Crippen molar-refractivity contribution in [1.82, 2.24) is 4.90 Å². The summed E-state index contributed by atoms with van der Waals surface area (Å²) in [5, 5.41) is 10.3. The number of aliphatic hydroxyl groups is 1. The maximum Gasteiger partial charge on any atom is 0.416 e. The van der Waals surface area contributed by atoms with Gasteiger partial charge in [0.2, 0.25) is 5.91 Å². The number of hydrogen-bond donors (Lipinski definition) is 1. The van der Waals surface area contributed by atoms with Gasteiger partial charge < -0.3 is 9.84 Å². The van der Waals surface area contributed by atoms with Gasteiger partial charge in [-0.3, -0.25) is 4.79 Å². The predicted molar refractivity (Wildman–Crippen MR) is 117 cm³/mol. The molecule has 3 aromatic rings. The first-order valence-electron chi connectivity index (χ1n) is 10.4. The molecule has 0 aliphatic carbocycles. The molecule has 2 amide bonds. The molecular weight excluding hydrogens is 390 g/mol. The number of benzene rings is 3. The molecule has 0 saturated carbocycles. The van der Waals surface area contributed by atoms with Gasteiger partial charge in [0.25, 0.3) is 0 Å². The van der Waals surface area contributed by atoms with Crippen LogP contribution in [0.15, 0.2) is 91.0 Å². The highest BCUT2D eigenvalue weighted by molar-refractivity contribution is 5.95. The van der Waals surface area contributed by atoms with Crippen LogP contribution in [-0.2, 0) is 16.0 Å². The van der Waals surface area contributed by atoms with Crippen molar-refractivity contribution in [2.45, 2.75) is 18.4 Å². The molecule has 5 heteroatoms. The largest absolute Gasteiger partial charge is 0.447 e. The molecule has 1 aliphatic rings. The van der Waals surface area contributed by atoms with Crippen molar-refractivity contribution < 1.29 is 19.4 Å². The summed E-state index contributed by atoms with van der Waals surface area (Å²) in [6, 6.07) is 28.5. The van der Waals surface area contributed by atoms with Crippen LogP contribution in [0.4, 0.5) is 4.79 Å². The Hall–Kier alpha value is -3.44. The fourth-order valence-electron chi connectivity index (χ4n) is 4.25. The molecule has 158 valence electrons. The zero-order chi connectivity index (χ0) is 21.6. The van der Waals surface area contributed by atoms with Crippen LogP contribution >= 0.6 is 0 Å². The Bertz CT molecular complexity index is 968. The predicted octanol–water partition coefficient (Wildman–Crippen LogP) is 4.02. The number of amides is 2. The van der Waals surface area contributed by atoms with Crippen molar-refractivity contribution in [3.05, 3.63) is 108 Å². The van der Waals surface area contributed by atoms with Crippen molar-refractivity contribution in [3.8, 4) is 0 Å². The van der Waals surface area contributed by atoms with Crippen LogP contribution in [0.3, 0.4) is 0 Å². The molecule has 1 aliphatic heterocycles. The summed E-state index contributed by atoms with van der Waals surface area (Å²) in [6.07, 6.45) is -0.137. The SMILES string of the molecule is O=C1OC[C@H](Cc2ccccc2)N1C(=O)[C@@H](CO)C(c1ccccc1)c1ccccc1. The fourth-order valence-corrected chi connectivity index (χ4v) is 4.25. The molecule has 0 aromatic heterocycles. The van der Waals surface area contributed by atoms with E-state index in [1.165, 1.54) is 4.90 Å². The highest BCUT2D eigenvalue weighted by Crippen LogP contribution is 2.34. The average Bonchev–Trinajstić information content (AvgIpc) is 3.18. The van der Waals surface area contributed by atoms with Crippen LogP contribution < -0.4 is 0 Å². The second-order valence-electron chi connectivity index (χ2n) is 7.72. The average molecular weight is 415 g/mol. The summed E-state index contributed by atoms with van der Waals surface area (Å²) < 4.78 is 5.24. The third-order valence-corrected chi connectivity index (χ3v) is 5.75. The van der Waals surface area contributed by atoms with E-state index in [2.05, 4.69) is 0 Å². The molecule has 0 bridgehead atoms. The first kappa shape index (κ1) is 20.8. The zero-order valence-corrected chi connectivity index (χ0v) is 17.1. The minimum atomic E-state index is -0.811. The van der Waals surface area contributed by atoms with Gasteiger partial charge in [-0.05, 0) is 23.1 Å². The number of aliphatic hydroxyl groups excluding tert-OH is 1. The molecule has 1 N–H and O–H groups in total. The third kappa shape index (κ3) is 4.52. The Morgan fingerprint density at radius 1 is 0.903 bits per heavy atom. The molecule has 1 heterocycles. The zero-order valence-electron chi connectivity index (χ0n) is 17.1. The van der Waals surface area contributed by atoms with Crippen molar-refractivity contribution in [3.63, 3.8) is 0 Å². The van der Waals surface area contributed by atoms with E-state index in [1.54, 1.807) is 0 Å². The number of carbonyl (C=O) groups excluding carboxylic acids is 2. The van der Waals surface area contributed by atoms with Crippen molar-refractivity contribution in [1.29, 1.82) is 0 Å². The van der Waals surface area contributed by atoms with E-state index in [0.29, 0.717) is 6.42 Å². The Balaban J connectivity index is 1.67. The summed E-state index contributed by atoms with van der Waals surface area (Å²) in [5.41, 5.74) is 2.84. The van der Waals surface area contributed by atoms with Gasteiger partial charge in [0.1, 0.15) is 6.61 Å². The number of imide groups is 1. The number of carbonyl (C=O) groups is 2. The summed E-state index contributed by atoms with van der Waals surface area (Å²) in [7, 11) is 0. The van der Waals surface area contributed by atoms with Crippen LogP contribution in [0.5, 0.6) is 0 Å². The molecule has 1 fully saturated rings. The summed E-state index contributed by atoms with van der Waals surface area (Å²) in [4.78, 5) is 27.4. The number of rotatable bonds is 7. The summed E-state index contributed by atoms with van der Waals surface area (Å²) in [6.45, 7) is -0.228. The monoisotopic (exact) mass is 415 g/mol. The van der Waals surface area contributed by atoms with E-state index in [9.17, 15) is 14.7 Å². The highest BCUT2D eigenvalue weighted by atomic mass is 16.6. The van der Waals surface area contributed by atoms with E-state index < -0.39 is 24.0 Å². The van der Waals surface area contributed by atoms with Crippen molar-refractivity contribution in [2.24, 2.45) is 5.92 Å². The van der Waals surface area contributed by atoms with E-state index in [0.717, 1.165) is 16.7 Å². The minimum Gasteiger partial charge on any atom is -0.447 e. The number of cyclic esters (lactones) is 1. The maximum atomic E-state index is 13.6. The summed E-state index contributed by atoms with van der Waals surface area (Å²) in [5.74, 6) is -1.61. The first-order chi connectivity index (χ1) is 15.2. The van der Waals surface area contributed by atoms with Crippen molar-refractivity contribution in [2.75, 3.05) is 13.2 Å². The molecule has 1 saturated heterocycles. The van der Waals surface area contributed by atoms with Gasteiger partial charge in [0.05, 0.1) is 18.6 Å². The Morgan fingerprint density at radius 3 is 1.94 bits per heavy atom. The standard InChI is InChI=1S/C26H25NO4/c28-17-23(24(20-12-6-2-7-13-20)21-14-8-3-9-15-21)25(29)27-22(18-31-26(27)30)16-19-10-4-1-5-11-19/h1-15,22-24,28H,16-18H2/t22-,23-/m0/s1. The van der Waals surface area contributed by atoms with E-state index in [-0.39, 0.29) is 19.1 Å². The van der Waals surface area contributed by atoms with Gasteiger partial charge in [-0.1, -0.05) is 91.0 Å². The molecular formula is C26H25NO4. The second-order valence-corrected chi connectivity index (χ2v) is 7.72. The quantitative estimate of drug-likeness (QED) is 0.633. The molecule has 5 nitrogen and oxygen atoms in total. The van der Waals surface area contributed by atoms with Gasteiger partial charge in [-0.25, -0.2) is 9.69 Å². The van der Waals surface area contributed by atoms with Gasteiger partial charge in [-0.15, -0.1) is 0 Å². The first-order valence-corrected chi connectivity index (χ1v) is 10.4. The minimum absolute atomic E-state index is 0.152. The molecule has 31 heavy (non-hydrogen) atoms. The lowest BCUT2D eigenvalue weighted by Gasteiger charge is -2.30. The smallest absolute Gasteiger partial charge is 0.416 e. The lowest BCUT2D eigenvalue weighted by atomic mass is 9.80. The number of nitrogens with zero attached hydrogens (tertiary/aromatic N) is 1. The van der Waals surface area contributed by atoms with Crippen molar-refractivity contribution >= 4 is 12.0 Å². The Kier molecular flexibility index (Phi) is 6.43. The maximum absolute atomic E-state index is 13.6. The molecule has 0 spiro atoms. The Labute approximate surface area is 181 Å². The molecule has 3 aromatic carbocycles. The van der Waals surface area contributed by atoms with Crippen LogP contribution in [0.2, 0.25) is 0 Å². The molecule has 0 unspecified atom stereocenters. The number of hydrogen-bond acceptors (Lipinski definition) is 4. The molecule has 4 rings (SSSR count). The van der Waals surface area contributed by atoms with E-state index >= 15 is 0 Å². The lowest BCUT2D eigenvalue weighted by molar-refractivity contribution is -0.135. The molecule has 0 radical (unpaired) electrons. The highest BCUT2D eigenvalue weighted by Gasteiger charge is 2.43. The topological polar surface area (TPSA) is 66.8 Å². The molecule has 2 atom stereocenters. The third-order valence-electron chi connectivity index (χ3n) is 5.75. The van der Waals surface area contributed by atoms with Gasteiger partial charge in [0.15, 0.2) is 0 Å². The van der Waals surface area contributed by atoms with E-state index in [1.807, 2.05) is 91.0 Å². The lowest BCUT2D eigenvalue weighted by Crippen LogP contribution is -2.46. The fraction of sp³-hybridized carbons (Fsp3) is 0.231. The van der Waals surface area contributed by atoms with Crippen LogP contribution in [-0.4, -0.2) is 41.3 Å². The van der Waals surface area contributed by atoms with Crippen LogP contribution in [0.25, 0.3) is 0 Å². The van der Waals surface area contributed by atoms with E-state index in [4.69, 9.17) is 4.74 Å². The van der Waals surface area contributed by atoms with Gasteiger partial charge >= 0.3 is 6.09 Å². The Morgan fingerprint density at radius 2 is 1.42 bits per heavy atom. The van der Waals surface area contributed by atoms with Crippen LogP contribution in [0, 0.1) is 5.92 Å². The number of ether oxygens (including phenoxy) is 1. The summed E-state index contributed by atoms with van der Waals surface area (Å²) >= 11 is 0. The van der Waals surface area contributed by atoms with Crippen LogP contribution in [0.1, 0.15) is 22.6 Å². The van der Waals surface area contributed by atoms with Gasteiger partial charge in [0, 0.05) is 5.92 Å².